The van der Waals surface area contributed by atoms with Gasteiger partial charge in [-0.25, -0.2) is 0 Å². The molecule has 192 valence electrons. The monoisotopic (exact) mass is 481 g/mol. The minimum atomic E-state index is -1.02. The van der Waals surface area contributed by atoms with Crippen molar-refractivity contribution in [2.45, 2.75) is 63.2 Å². The summed E-state index contributed by atoms with van der Waals surface area (Å²) in [5, 5.41) is 12.3. The number of rotatable bonds is 11. The molecule has 0 aromatic heterocycles. The van der Waals surface area contributed by atoms with E-state index in [4.69, 9.17) is 14.2 Å². The van der Waals surface area contributed by atoms with Crippen molar-refractivity contribution in [1.29, 1.82) is 0 Å². The van der Waals surface area contributed by atoms with Gasteiger partial charge in [-0.2, -0.15) is 0 Å². The lowest BCUT2D eigenvalue weighted by atomic mass is 9.65. The molecule has 4 heterocycles. The third-order valence-corrected chi connectivity index (χ3v) is 8.11. The van der Waals surface area contributed by atoms with Crippen LogP contribution < -0.4 is 5.32 Å². The number of carbonyl (C=O) groups is 3. The molecular formula is C24H39N3O7. The highest BCUT2D eigenvalue weighted by molar-refractivity contribution is 5.98. The molecule has 10 heteroatoms. The van der Waals surface area contributed by atoms with Crippen molar-refractivity contribution in [3.8, 4) is 0 Å². The maximum absolute atomic E-state index is 13.8. The molecule has 4 saturated heterocycles. The summed E-state index contributed by atoms with van der Waals surface area (Å²) in [5.41, 5.74) is -1.79. The van der Waals surface area contributed by atoms with Crippen LogP contribution in [0.3, 0.4) is 0 Å². The van der Waals surface area contributed by atoms with E-state index in [1.807, 2.05) is 6.92 Å². The van der Waals surface area contributed by atoms with Gasteiger partial charge in [-0.1, -0.05) is 6.92 Å². The third kappa shape index (κ3) is 4.23. The van der Waals surface area contributed by atoms with E-state index in [0.29, 0.717) is 65.0 Å². The molecule has 0 saturated carbocycles. The molecule has 2 N–H and O–H groups in total. The van der Waals surface area contributed by atoms with E-state index in [1.165, 1.54) is 0 Å². The van der Waals surface area contributed by atoms with Crippen LogP contribution in [0.2, 0.25) is 0 Å². The van der Waals surface area contributed by atoms with E-state index < -0.39 is 35.0 Å². The molecule has 4 aliphatic heterocycles. The van der Waals surface area contributed by atoms with Crippen molar-refractivity contribution < 1.29 is 33.7 Å². The highest BCUT2D eigenvalue weighted by Gasteiger charge is 2.78. The summed E-state index contributed by atoms with van der Waals surface area (Å²) in [6.07, 6.45) is 2.88. The van der Waals surface area contributed by atoms with Gasteiger partial charge in [-0.3, -0.25) is 19.3 Å². The van der Waals surface area contributed by atoms with E-state index in [0.717, 1.165) is 13.1 Å². The maximum atomic E-state index is 13.8. The van der Waals surface area contributed by atoms with Crippen LogP contribution in [-0.2, 0) is 28.6 Å². The summed E-state index contributed by atoms with van der Waals surface area (Å²) in [6, 6.07) is -0.791. The predicted octanol–water partition coefficient (Wildman–Crippen LogP) is -0.0748. The summed E-state index contributed by atoms with van der Waals surface area (Å²) in [6.45, 7) is 8.54. The number of amides is 2. The van der Waals surface area contributed by atoms with Crippen LogP contribution >= 0.6 is 0 Å². The van der Waals surface area contributed by atoms with Crippen LogP contribution in [0.1, 0.15) is 46.0 Å². The van der Waals surface area contributed by atoms with Crippen molar-refractivity contribution in [3.63, 3.8) is 0 Å². The number of nitrogens with one attached hydrogen (secondary N) is 1. The first kappa shape index (κ1) is 25.3. The zero-order valence-electron chi connectivity index (χ0n) is 20.4. The molecule has 1 spiro atoms. The Morgan fingerprint density at radius 2 is 1.94 bits per heavy atom. The smallest absolute Gasteiger partial charge is 0.312 e. The quantitative estimate of drug-likeness (QED) is 0.311. The third-order valence-electron chi connectivity index (χ3n) is 8.11. The van der Waals surface area contributed by atoms with Crippen LogP contribution in [0, 0.1) is 11.8 Å². The second kappa shape index (κ2) is 10.5. The van der Waals surface area contributed by atoms with E-state index in [2.05, 4.69) is 10.2 Å². The van der Waals surface area contributed by atoms with Gasteiger partial charge in [0.15, 0.2) is 0 Å². The van der Waals surface area contributed by atoms with E-state index in [1.54, 1.807) is 11.8 Å². The van der Waals surface area contributed by atoms with Gasteiger partial charge >= 0.3 is 5.97 Å². The lowest BCUT2D eigenvalue weighted by molar-refractivity contribution is -0.160. The Morgan fingerprint density at radius 3 is 2.62 bits per heavy atom. The zero-order valence-corrected chi connectivity index (χ0v) is 20.4. The molecule has 4 aliphatic rings. The first-order chi connectivity index (χ1) is 16.4. The molecule has 0 aromatic rings. The molecule has 0 aliphatic carbocycles. The number of carbonyl (C=O) groups excluding carboxylic acids is 3. The number of nitrogens with zero attached hydrogens (tertiary/aromatic N) is 2. The molecule has 4 rings (SSSR count). The fraction of sp³-hybridized carbons (Fsp3) is 0.875. The predicted molar refractivity (Wildman–Crippen MR) is 122 cm³/mol. The normalized spacial score (nSPS) is 35.0. The number of unbranched alkanes of at least 4 members (excludes halogenated alkanes) is 1. The number of fused-ring (bicyclic) bond motifs is 1. The first-order valence-electron chi connectivity index (χ1n) is 12.8. The fourth-order valence-electron chi connectivity index (χ4n) is 6.50. The Labute approximate surface area is 201 Å². The number of likely N-dealkylation sites (tertiary alicyclic amines) is 1. The second-order valence-electron chi connectivity index (χ2n) is 9.79. The number of hydrogen-bond acceptors (Lipinski definition) is 8. The van der Waals surface area contributed by atoms with Gasteiger partial charge in [0.25, 0.3) is 0 Å². The first-order valence-corrected chi connectivity index (χ1v) is 12.8. The highest BCUT2D eigenvalue weighted by atomic mass is 16.6. The summed E-state index contributed by atoms with van der Waals surface area (Å²) >= 11 is 0. The molecule has 10 nitrogen and oxygen atoms in total. The molecule has 0 radical (unpaired) electrons. The summed E-state index contributed by atoms with van der Waals surface area (Å²) in [4.78, 5) is 44.2. The van der Waals surface area contributed by atoms with E-state index in [-0.39, 0.29) is 25.0 Å². The maximum Gasteiger partial charge on any atom is 0.312 e. The van der Waals surface area contributed by atoms with Crippen LogP contribution in [0.5, 0.6) is 0 Å². The van der Waals surface area contributed by atoms with Gasteiger partial charge in [0.1, 0.15) is 17.6 Å². The van der Waals surface area contributed by atoms with Crippen LogP contribution in [0.15, 0.2) is 0 Å². The van der Waals surface area contributed by atoms with Gasteiger partial charge < -0.3 is 29.5 Å². The van der Waals surface area contributed by atoms with Crippen molar-refractivity contribution in [2.75, 3.05) is 59.2 Å². The number of morpholine rings is 1. The molecule has 5 atom stereocenters. The van der Waals surface area contributed by atoms with Gasteiger partial charge in [0.2, 0.25) is 11.8 Å². The summed E-state index contributed by atoms with van der Waals surface area (Å²) in [5.74, 6) is -2.27. The molecule has 2 bridgehead atoms. The molecule has 4 fully saturated rings. The molecule has 0 aromatic carbocycles. The minimum Gasteiger partial charge on any atom is -0.466 e. The topological polar surface area (TPSA) is 118 Å². The SMILES string of the molecule is CCOC(=O)[C@H]1[C@H]2C(=O)N(CCCCO)C(C(=O)NCCN3CCOCC3)C23CC[C@]1(CC)O3. The second-order valence-corrected chi connectivity index (χ2v) is 9.79. The number of esters is 1. The van der Waals surface area contributed by atoms with Gasteiger partial charge in [-0.15, -0.1) is 0 Å². The Bertz CT molecular complexity index is 774. The number of aliphatic hydroxyl groups is 1. The summed E-state index contributed by atoms with van der Waals surface area (Å²) in [7, 11) is 0. The average molecular weight is 482 g/mol. The summed E-state index contributed by atoms with van der Waals surface area (Å²) < 4.78 is 17.4. The van der Waals surface area contributed by atoms with E-state index >= 15 is 0 Å². The Kier molecular flexibility index (Phi) is 7.81. The Balaban J connectivity index is 1.57. The molecule has 34 heavy (non-hydrogen) atoms. The minimum absolute atomic E-state index is 0.0217. The number of hydrogen-bond donors (Lipinski definition) is 2. The van der Waals surface area contributed by atoms with E-state index in [9.17, 15) is 19.5 Å². The zero-order chi connectivity index (χ0) is 24.3. The Hall–Kier alpha value is -1.75. The molecule has 2 amide bonds. The van der Waals surface area contributed by atoms with Crippen molar-refractivity contribution >= 4 is 17.8 Å². The average Bonchev–Trinajstić information content (AvgIpc) is 3.44. The molecular weight excluding hydrogens is 442 g/mol. The number of aliphatic hydroxyl groups excluding tert-OH is 1. The van der Waals surface area contributed by atoms with Crippen molar-refractivity contribution in [1.82, 2.24) is 15.1 Å². The van der Waals surface area contributed by atoms with Crippen LogP contribution in [-0.4, -0.2) is 109 Å². The standard InChI is InChI=1S/C24H39N3O7/c1-3-23-7-8-24(34-23)17(18(23)22(31)33-4-2)21(30)27(10-5-6-14-28)19(24)20(29)25-9-11-26-12-15-32-16-13-26/h17-19,28H,3-16H2,1-2H3,(H,25,29)/t17-,18+,19?,23-,24?/m0/s1. The van der Waals surface area contributed by atoms with Gasteiger partial charge in [0.05, 0.1) is 31.3 Å². The number of ether oxygens (including phenoxy) is 3. The lowest BCUT2D eigenvalue weighted by Gasteiger charge is -2.34. The van der Waals surface area contributed by atoms with Crippen molar-refractivity contribution in [2.24, 2.45) is 11.8 Å². The van der Waals surface area contributed by atoms with Crippen LogP contribution in [0.25, 0.3) is 0 Å². The fourth-order valence-corrected chi connectivity index (χ4v) is 6.50. The largest absolute Gasteiger partial charge is 0.466 e. The lowest BCUT2D eigenvalue weighted by Crippen LogP contribution is -2.56. The van der Waals surface area contributed by atoms with Gasteiger partial charge in [0, 0.05) is 39.3 Å². The van der Waals surface area contributed by atoms with Crippen LogP contribution in [0.4, 0.5) is 0 Å². The molecule has 2 unspecified atom stereocenters. The Morgan fingerprint density at radius 1 is 1.18 bits per heavy atom. The highest BCUT2D eigenvalue weighted by Crippen LogP contribution is 2.64. The van der Waals surface area contributed by atoms with Crippen molar-refractivity contribution in [3.05, 3.63) is 0 Å². The van der Waals surface area contributed by atoms with Gasteiger partial charge in [-0.05, 0) is 39.0 Å².